The van der Waals surface area contributed by atoms with Crippen LogP contribution in [0.1, 0.15) is 40.9 Å². The molecule has 8 nitrogen and oxygen atoms in total. The minimum absolute atomic E-state index is 0.00811. The molecule has 0 aliphatic carbocycles. The smallest absolute Gasteiger partial charge is 0.225 e. The quantitative estimate of drug-likeness (QED) is 0.389. The average molecular weight is 466 g/mol. The summed E-state index contributed by atoms with van der Waals surface area (Å²) in [6.07, 6.45) is 3.39. The third-order valence-corrected chi connectivity index (χ3v) is 5.87. The van der Waals surface area contributed by atoms with E-state index in [1.165, 1.54) is 6.33 Å². The number of aromatic nitrogens is 4. The lowest BCUT2D eigenvalue weighted by Crippen LogP contribution is -2.15. The molecule has 2 aromatic carbocycles. The first kappa shape index (κ1) is 23.8. The Hall–Kier alpha value is -4.38. The van der Waals surface area contributed by atoms with Gasteiger partial charge in [0.1, 0.15) is 17.4 Å². The molecule has 0 saturated heterocycles. The van der Waals surface area contributed by atoms with E-state index >= 15 is 0 Å². The summed E-state index contributed by atoms with van der Waals surface area (Å²) in [5, 5.41) is 12.8. The SMILES string of the molecule is Cc1ccc(CC(=O)c2cccc(C(C)(C)C#N)c2)cc1Nc1ncnc2cnc(N(C)C)nc12. The highest BCUT2D eigenvalue weighted by Gasteiger charge is 2.21. The normalized spacial score (nSPS) is 11.2. The van der Waals surface area contributed by atoms with Gasteiger partial charge in [0, 0.05) is 31.8 Å². The fourth-order valence-electron chi connectivity index (χ4n) is 3.63. The predicted molar refractivity (Wildman–Crippen MR) is 137 cm³/mol. The summed E-state index contributed by atoms with van der Waals surface area (Å²) in [6, 6.07) is 15.5. The van der Waals surface area contributed by atoms with Gasteiger partial charge in [-0.3, -0.25) is 4.79 Å². The molecule has 0 radical (unpaired) electrons. The maximum Gasteiger partial charge on any atom is 0.225 e. The molecule has 0 atom stereocenters. The molecule has 2 aromatic heterocycles. The van der Waals surface area contributed by atoms with Crippen LogP contribution in [0, 0.1) is 18.3 Å². The number of aryl methyl sites for hydroxylation is 1. The highest BCUT2D eigenvalue weighted by molar-refractivity contribution is 5.98. The lowest BCUT2D eigenvalue weighted by atomic mass is 9.85. The molecule has 0 aliphatic rings. The van der Waals surface area contributed by atoms with Crippen molar-refractivity contribution in [3.05, 3.63) is 77.2 Å². The van der Waals surface area contributed by atoms with E-state index in [0.29, 0.717) is 28.4 Å². The Balaban J connectivity index is 1.61. The average Bonchev–Trinajstić information content (AvgIpc) is 2.86. The maximum absolute atomic E-state index is 13.1. The standard InChI is InChI=1S/C27H27N7O/c1-17-9-10-18(12-23(35)19-7-6-8-20(13-19)27(2,3)15-28)11-21(17)32-25-24-22(30-16-31-25)14-29-26(33-24)34(4)5/h6-11,13-14,16H,12H2,1-5H3,(H,30,31,32). The van der Waals surface area contributed by atoms with E-state index in [-0.39, 0.29) is 12.2 Å². The molecule has 2 heterocycles. The largest absolute Gasteiger partial charge is 0.347 e. The van der Waals surface area contributed by atoms with Crippen LogP contribution in [0.4, 0.5) is 17.5 Å². The molecule has 0 saturated carbocycles. The number of anilines is 3. The van der Waals surface area contributed by atoms with Crippen molar-refractivity contribution in [1.29, 1.82) is 5.26 Å². The van der Waals surface area contributed by atoms with Crippen molar-refractivity contribution in [1.82, 2.24) is 19.9 Å². The summed E-state index contributed by atoms with van der Waals surface area (Å²) in [5.74, 6) is 1.12. The van der Waals surface area contributed by atoms with Gasteiger partial charge in [-0.2, -0.15) is 5.26 Å². The number of nitrogens with zero attached hydrogens (tertiary/aromatic N) is 6. The highest BCUT2D eigenvalue weighted by Crippen LogP contribution is 2.27. The van der Waals surface area contributed by atoms with E-state index in [1.54, 1.807) is 12.3 Å². The third kappa shape index (κ3) is 5.09. The molecule has 4 rings (SSSR count). The van der Waals surface area contributed by atoms with Crippen LogP contribution in [0.25, 0.3) is 11.0 Å². The van der Waals surface area contributed by atoms with Gasteiger partial charge < -0.3 is 10.2 Å². The Morgan fingerprint density at radius 2 is 1.91 bits per heavy atom. The summed E-state index contributed by atoms with van der Waals surface area (Å²) >= 11 is 0. The molecule has 0 amide bonds. The Morgan fingerprint density at radius 1 is 1.11 bits per heavy atom. The van der Waals surface area contributed by atoms with E-state index in [4.69, 9.17) is 0 Å². The van der Waals surface area contributed by atoms with Gasteiger partial charge in [0.05, 0.1) is 17.7 Å². The second kappa shape index (κ2) is 9.47. The number of rotatable bonds is 7. The summed E-state index contributed by atoms with van der Waals surface area (Å²) in [4.78, 5) is 32.5. The van der Waals surface area contributed by atoms with Crippen molar-refractivity contribution < 1.29 is 4.79 Å². The van der Waals surface area contributed by atoms with Crippen LogP contribution in [0.5, 0.6) is 0 Å². The monoisotopic (exact) mass is 465 g/mol. The number of nitriles is 1. The fraction of sp³-hybridized carbons (Fsp3) is 0.259. The van der Waals surface area contributed by atoms with Crippen molar-refractivity contribution in [2.75, 3.05) is 24.3 Å². The summed E-state index contributed by atoms with van der Waals surface area (Å²) < 4.78 is 0. The minimum Gasteiger partial charge on any atom is -0.347 e. The molecule has 0 bridgehead atoms. The Kier molecular flexibility index (Phi) is 6.43. The molecule has 0 aliphatic heterocycles. The van der Waals surface area contributed by atoms with E-state index in [1.807, 2.05) is 76.2 Å². The molecule has 4 aromatic rings. The van der Waals surface area contributed by atoms with Gasteiger partial charge in [-0.25, -0.2) is 19.9 Å². The third-order valence-electron chi connectivity index (χ3n) is 5.87. The first-order chi connectivity index (χ1) is 16.7. The van der Waals surface area contributed by atoms with Crippen LogP contribution in [0.3, 0.4) is 0 Å². The highest BCUT2D eigenvalue weighted by atomic mass is 16.1. The van der Waals surface area contributed by atoms with Crippen molar-refractivity contribution in [2.45, 2.75) is 32.6 Å². The lowest BCUT2D eigenvalue weighted by molar-refractivity contribution is 0.0993. The second-order valence-electron chi connectivity index (χ2n) is 9.21. The predicted octanol–water partition coefficient (Wildman–Crippen LogP) is 4.76. The van der Waals surface area contributed by atoms with E-state index in [9.17, 15) is 10.1 Å². The number of Topliss-reactive ketones (excluding diaryl/α,β-unsaturated/α-hetero) is 1. The first-order valence-electron chi connectivity index (χ1n) is 11.2. The summed E-state index contributed by atoms with van der Waals surface area (Å²) in [5.41, 5.74) is 4.72. The van der Waals surface area contributed by atoms with Gasteiger partial charge >= 0.3 is 0 Å². The van der Waals surface area contributed by atoms with Crippen molar-refractivity contribution in [3.8, 4) is 6.07 Å². The molecule has 8 heteroatoms. The van der Waals surface area contributed by atoms with Crippen molar-refractivity contribution >= 4 is 34.3 Å². The number of benzene rings is 2. The van der Waals surface area contributed by atoms with Crippen molar-refractivity contribution in [3.63, 3.8) is 0 Å². The maximum atomic E-state index is 13.1. The molecule has 0 spiro atoms. The molecular formula is C27H27N7O. The summed E-state index contributed by atoms with van der Waals surface area (Å²) in [7, 11) is 3.75. The van der Waals surface area contributed by atoms with Crippen LogP contribution < -0.4 is 10.2 Å². The van der Waals surface area contributed by atoms with Crippen LogP contribution in [0.2, 0.25) is 0 Å². The van der Waals surface area contributed by atoms with E-state index in [2.05, 4.69) is 31.3 Å². The number of carbonyl (C=O) groups excluding carboxylic acids is 1. The van der Waals surface area contributed by atoms with Gasteiger partial charge in [-0.1, -0.05) is 30.3 Å². The number of hydrogen-bond donors (Lipinski definition) is 1. The van der Waals surface area contributed by atoms with Crippen LogP contribution in [-0.4, -0.2) is 39.8 Å². The van der Waals surface area contributed by atoms with Gasteiger partial charge in [0.2, 0.25) is 5.95 Å². The molecule has 1 N–H and O–H groups in total. The molecular weight excluding hydrogens is 438 g/mol. The number of carbonyl (C=O) groups is 1. The van der Waals surface area contributed by atoms with Crippen molar-refractivity contribution in [2.24, 2.45) is 0 Å². The molecule has 176 valence electrons. The molecule has 35 heavy (non-hydrogen) atoms. The van der Waals surface area contributed by atoms with Crippen LogP contribution in [0.15, 0.2) is 55.0 Å². The van der Waals surface area contributed by atoms with Crippen LogP contribution >= 0.6 is 0 Å². The number of nitrogens with one attached hydrogen (secondary N) is 1. The zero-order chi connectivity index (χ0) is 25.2. The Bertz CT molecular complexity index is 1450. The molecule has 0 fully saturated rings. The van der Waals surface area contributed by atoms with Gasteiger partial charge in [-0.15, -0.1) is 0 Å². The zero-order valence-corrected chi connectivity index (χ0v) is 20.5. The Morgan fingerprint density at radius 3 is 2.66 bits per heavy atom. The number of fused-ring (bicyclic) bond motifs is 1. The second-order valence-corrected chi connectivity index (χ2v) is 9.21. The molecule has 0 unspecified atom stereocenters. The van der Waals surface area contributed by atoms with Gasteiger partial charge in [0.15, 0.2) is 11.6 Å². The van der Waals surface area contributed by atoms with E-state index in [0.717, 1.165) is 22.4 Å². The van der Waals surface area contributed by atoms with Crippen LogP contribution in [-0.2, 0) is 11.8 Å². The first-order valence-corrected chi connectivity index (χ1v) is 11.2. The Labute approximate surface area is 204 Å². The van der Waals surface area contributed by atoms with Gasteiger partial charge in [-0.05, 0) is 49.6 Å². The zero-order valence-electron chi connectivity index (χ0n) is 20.5. The lowest BCUT2D eigenvalue weighted by Gasteiger charge is -2.16. The van der Waals surface area contributed by atoms with E-state index < -0.39 is 5.41 Å². The number of ketones is 1. The fourth-order valence-corrected chi connectivity index (χ4v) is 3.63. The minimum atomic E-state index is -0.659. The van der Waals surface area contributed by atoms with Gasteiger partial charge in [0.25, 0.3) is 0 Å². The topological polar surface area (TPSA) is 108 Å². The summed E-state index contributed by atoms with van der Waals surface area (Å²) in [6.45, 7) is 5.68. The number of hydrogen-bond acceptors (Lipinski definition) is 8.